The van der Waals surface area contributed by atoms with E-state index in [0.717, 1.165) is 13.0 Å². The molecule has 0 aromatic carbocycles. The second kappa shape index (κ2) is 7.53. The molecule has 0 bridgehead atoms. The molecule has 1 heterocycles. The second-order valence-electron chi connectivity index (χ2n) is 5.93. The number of carbonyl (C=O) groups excluding carboxylic acids is 1. The average molecular weight is 320 g/mol. The molecule has 1 aliphatic rings. The molecular formula is C13H28N4O3S. The van der Waals surface area contributed by atoms with Crippen LogP contribution in [0.2, 0.25) is 0 Å². The Morgan fingerprint density at radius 2 is 1.71 bits per heavy atom. The van der Waals surface area contributed by atoms with Crippen LogP contribution in [0.15, 0.2) is 0 Å². The highest BCUT2D eigenvalue weighted by molar-refractivity contribution is 7.86. The molecule has 0 radical (unpaired) electrons. The molecule has 0 aromatic rings. The van der Waals surface area contributed by atoms with Gasteiger partial charge in [-0.25, -0.2) is 0 Å². The van der Waals surface area contributed by atoms with Crippen LogP contribution in [0.1, 0.15) is 20.3 Å². The minimum absolute atomic E-state index is 0.0469. The number of nitrogens with zero attached hydrogens (tertiary/aromatic N) is 4. The molecule has 1 fully saturated rings. The van der Waals surface area contributed by atoms with Crippen molar-refractivity contribution in [3.05, 3.63) is 0 Å². The van der Waals surface area contributed by atoms with Crippen LogP contribution in [0, 0.1) is 0 Å². The van der Waals surface area contributed by atoms with Crippen molar-refractivity contribution in [3.8, 4) is 0 Å². The molecule has 1 rings (SSSR count). The largest absolute Gasteiger partial charge is 0.348 e. The van der Waals surface area contributed by atoms with Crippen LogP contribution in [0.25, 0.3) is 0 Å². The summed E-state index contributed by atoms with van der Waals surface area (Å²) in [6, 6.07) is -0.0651. The van der Waals surface area contributed by atoms with Crippen molar-refractivity contribution in [2.24, 2.45) is 0 Å². The van der Waals surface area contributed by atoms with Crippen molar-refractivity contribution in [3.63, 3.8) is 0 Å². The molecule has 0 aliphatic carbocycles. The SMILES string of the molecule is CC(C)N(C)S(=O)(=O)N1CCCN(CC(=O)N(C)C)CC1. The third-order valence-electron chi connectivity index (χ3n) is 3.82. The van der Waals surface area contributed by atoms with Gasteiger partial charge in [0.15, 0.2) is 0 Å². The normalized spacial score (nSPS) is 19.0. The summed E-state index contributed by atoms with van der Waals surface area (Å²) in [6.07, 6.45) is 0.742. The van der Waals surface area contributed by atoms with Gasteiger partial charge in [0.25, 0.3) is 10.2 Å². The molecule has 1 saturated heterocycles. The minimum Gasteiger partial charge on any atom is -0.348 e. The molecule has 0 saturated carbocycles. The Morgan fingerprint density at radius 3 is 2.24 bits per heavy atom. The van der Waals surface area contributed by atoms with E-state index in [4.69, 9.17) is 0 Å². The lowest BCUT2D eigenvalue weighted by Crippen LogP contribution is -2.46. The van der Waals surface area contributed by atoms with Crippen LogP contribution in [-0.4, -0.2) is 92.6 Å². The first-order valence-electron chi connectivity index (χ1n) is 7.32. The first kappa shape index (κ1) is 18.3. The first-order chi connectivity index (χ1) is 9.66. The van der Waals surface area contributed by atoms with Crippen molar-refractivity contribution in [1.29, 1.82) is 0 Å². The fraction of sp³-hybridized carbons (Fsp3) is 0.923. The van der Waals surface area contributed by atoms with E-state index in [2.05, 4.69) is 0 Å². The fourth-order valence-corrected chi connectivity index (χ4v) is 3.69. The highest BCUT2D eigenvalue weighted by Gasteiger charge is 2.30. The highest BCUT2D eigenvalue weighted by atomic mass is 32.2. The van der Waals surface area contributed by atoms with Crippen LogP contribution in [0.4, 0.5) is 0 Å². The van der Waals surface area contributed by atoms with E-state index in [0.29, 0.717) is 26.2 Å². The Hall–Kier alpha value is -0.700. The first-order valence-corrected chi connectivity index (χ1v) is 8.71. The van der Waals surface area contributed by atoms with Gasteiger partial charge in [-0.15, -0.1) is 0 Å². The third kappa shape index (κ3) is 4.91. The third-order valence-corrected chi connectivity index (χ3v) is 5.99. The molecule has 8 heteroatoms. The van der Waals surface area contributed by atoms with Crippen molar-refractivity contribution >= 4 is 16.1 Å². The zero-order valence-electron chi connectivity index (χ0n) is 13.7. The summed E-state index contributed by atoms with van der Waals surface area (Å²) in [6.45, 7) is 6.34. The minimum atomic E-state index is -3.41. The summed E-state index contributed by atoms with van der Waals surface area (Å²) in [5, 5.41) is 0. The van der Waals surface area contributed by atoms with Gasteiger partial charge in [-0.2, -0.15) is 17.0 Å². The lowest BCUT2D eigenvalue weighted by Gasteiger charge is -2.28. The number of hydrogen-bond donors (Lipinski definition) is 0. The van der Waals surface area contributed by atoms with Gasteiger partial charge in [0.05, 0.1) is 6.54 Å². The summed E-state index contributed by atoms with van der Waals surface area (Å²) in [5.41, 5.74) is 0. The number of carbonyl (C=O) groups is 1. The Bertz CT molecular complexity index is 450. The maximum absolute atomic E-state index is 12.5. The predicted octanol–water partition coefficient (Wildman–Crippen LogP) is -0.333. The Morgan fingerprint density at radius 1 is 1.10 bits per heavy atom. The van der Waals surface area contributed by atoms with Crippen molar-refractivity contribution in [1.82, 2.24) is 18.4 Å². The van der Waals surface area contributed by atoms with Crippen molar-refractivity contribution in [2.45, 2.75) is 26.3 Å². The summed E-state index contributed by atoms with van der Waals surface area (Å²) in [4.78, 5) is 15.3. The molecule has 0 unspecified atom stereocenters. The number of likely N-dealkylation sites (N-methyl/N-ethyl adjacent to an activating group) is 1. The number of amides is 1. The monoisotopic (exact) mass is 320 g/mol. The van der Waals surface area contributed by atoms with E-state index in [-0.39, 0.29) is 11.9 Å². The topological polar surface area (TPSA) is 64.2 Å². The molecular weight excluding hydrogens is 292 g/mol. The maximum atomic E-state index is 12.5. The van der Waals surface area contributed by atoms with Gasteiger partial charge in [-0.3, -0.25) is 9.69 Å². The molecule has 7 nitrogen and oxygen atoms in total. The lowest BCUT2D eigenvalue weighted by atomic mass is 10.4. The van der Waals surface area contributed by atoms with Crippen molar-refractivity contribution < 1.29 is 13.2 Å². The summed E-state index contributed by atoms with van der Waals surface area (Å²) >= 11 is 0. The van der Waals surface area contributed by atoms with E-state index >= 15 is 0 Å². The molecule has 1 amide bonds. The molecule has 0 atom stereocenters. The van der Waals surface area contributed by atoms with Gasteiger partial charge in [0.2, 0.25) is 5.91 Å². The lowest BCUT2D eigenvalue weighted by molar-refractivity contribution is -0.129. The summed E-state index contributed by atoms with van der Waals surface area (Å²) < 4.78 is 27.9. The Kier molecular flexibility index (Phi) is 6.58. The van der Waals surface area contributed by atoms with Crippen LogP contribution in [-0.2, 0) is 15.0 Å². The van der Waals surface area contributed by atoms with Crippen LogP contribution in [0.5, 0.6) is 0 Å². The second-order valence-corrected chi connectivity index (χ2v) is 7.92. The van der Waals surface area contributed by atoms with Crippen LogP contribution >= 0.6 is 0 Å². The van der Waals surface area contributed by atoms with E-state index in [1.54, 1.807) is 26.0 Å². The average Bonchev–Trinajstić information content (AvgIpc) is 2.63. The molecule has 0 N–H and O–H groups in total. The van der Waals surface area contributed by atoms with E-state index in [1.807, 2.05) is 18.7 Å². The maximum Gasteiger partial charge on any atom is 0.282 e. The summed E-state index contributed by atoms with van der Waals surface area (Å²) in [7, 11) is 1.66. The number of hydrogen-bond acceptors (Lipinski definition) is 4. The molecule has 0 spiro atoms. The Labute approximate surface area is 128 Å². The van der Waals surface area contributed by atoms with Gasteiger partial charge in [0, 0.05) is 46.8 Å². The van der Waals surface area contributed by atoms with Gasteiger partial charge >= 0.3 is 0 Å². The standard InChI is InChI=1S/C13H28N4O3S/c1-12(2)15(5)21(19,20)17-8-6-7-16(9-10-17)11-13(18)14(3)4/h12H,6-11H2,1-5H3. The van der Waals surface area contributed by atoms with Gasteiger partial charge in [-0.05, 0) is 26.8 Å². The molecule has 124 valence electrons. The zero-order chi connectivity index (χ0) is 16.2. The quantitative estimate of drug-likeness (QED) is 0.696. The van der Waals surface area contributed by atoms with Gasteiger partial charge in [0.1, 0.15) is 0 Å². The van der Waals surface area contributed by atoms with Crippen LogP contribution in [0.3, 0.4) is 0 Å². The van der Waals surface area contributed by atoms with Gasteiger partial charge in [-0.1, -0.05) is 0 Å². The fourth-order valence-electron chi connectivity index (χ4n) is 2.12. The zero-order valence-corrected chi connectivity index (χ0v) is 14.6. The molecule has 0 aromatic heterocycles. The highest BCUT2D eigenvalue weighted by Crippen LogP contribution is 2.13. The van der Waals surface area contributed by atoms with E-state index in [9.17, 15) is 13.2 Å². The van der Waals surface area contributed by atoms with E-state index < -0.39 is 10.2 Å². The van der Waals surface area contributed by atoms with Crippen molar-refractivity contribution in [2.75, 3.05) is 53.9 Å². The van der Waals surface area contributed by atoms with Crippen LogP contribution < -0.4 is 0 Å². The van der Waals surface area contributed by atoms with Gasteiger partial charge < -0.3 is 4.90 Å². The Balaban J connectivity index is 2.66. The molecule has 21 heavy (non-hydrogen) atoms. The molecule has 1 aliphatic heterocycles. The smallest absolute Gasteiger partial charge is 0.282 e. The summed E-state index contributed by atoms with van der Waals surface area (Å²) in [5.74, 6) is 0.0469. The number of rotatable bonds is 5. The van der Waals surface area contributed by atoms with E-state index in [1.165, 1.54) is 8.61 Å². The predicted molar refractivity (Wildman–Crippen MR) is 83.1 cm³/mol.